The summed E-state index contributed by atoms with van der Waals surface area (Å²) in [5.74, 6) is -0.117. The molecule has 2 aliphatic carbocycles. The van der Waals surface area contributed by atoms with E-state index in [2.05, 4.69) is 14.3 Å². The third-order valence-electron chi connectivity index (χ3n) is 4.89. The van der Waals surface area contributed by atoms with Gasteiger partial charge in [-0.25, -0.2) is 9.67 Å². The fraction of sp³-hybridized carbons (Fsp3) is 0.0714. The van der Waals surface area contributed by atoms with Gasteiger partial charge < -0.3 is 5.11 Å². The number of hydrogen-bond donors (Lipinski definition) is 0. The summed E-state index contributed by atoms with van der Waals surface area (Å²) in [6, 6.07) is 16.0. The summed E-state index contributed by atoms with van der Waals surface area (Å²) in [7, 11) is 6.45. The van der Waals surface area contributed by atoms with Gasteiger partial charge in [0.2, 0.25) is 0 Å². The second kappa shape index (κ2) is 16.6. The molecule has 0 aliphatic heterocycles. The zero-order valence-electron chi connectivity index (χ0n) is 19.6. The van der Waals surface area contributed by atoms with Crippen LogP contribution < -0.4 is 10.7 Å². The molecule has 0 N–H and O–H groups in total. The van der Waals surface area contributed by atoms with Crippen LogP contribution in [0.25, 0.3) is 5.69 Å². The van der Waals surface area contributed by atoms with Crippen molar-refractivity contribution in [1.29, 1.82) is 0 Å². The first-order chi connectivity index (χ1) is 17.1. The summed E-state index contributed by atoms with van der Waals surface area (Å²) in [6.07, 6.45) is 21.4. The van der Waals surface area contributed by atoms with Crippen molar-refractivity contribution in [2.45, 2.75) is 6.92 Å². The van der Waals surface area contributed by atoms with Crippen LogP contribution in [0.4, 0.5) is 5.69 Å². The average molecular weight is 520 g/mol. The van der Waals surface area contributed by atoms with E-state index in [-0.39, 0.29) is 11.3 Å². The molecule has 0 saturated heterocycles. The van der Waals surface area contributed by atoms with Gasteiger partial charge >= 0.3 is 28.7 Å². The molecule has 5 rings (SSSR count). The molecule has 5 nitrogen and oxygen atoms in total. The number of aliphatic imine (C=N–C) groups is 1. The summed E-state index contributed by atoms with van der Waals surface area (Å²) in [5.41, 5.74) is 2.09. The molecule has 2 aromatic carbocycles. The molecule has 10 radical (unpaired) electrons. The molecule has 0 unspecified atom stereocenters. The molecule has 0 atom stereocenters. The Bertz CT molecular complexity index is 1060. The molecular formula is C28H26ClN3O2Ti+2. The third-order valence-corrected chi connectivity index (χ3v) is 4.89. The van der Waals surface area contributed by atoms with Crippen LogP contribution in [0.3, 0.4) is 0 Å². The third kappa shape index (κ3) is 9.14. The van der Waals surface area contributed by atoms with Crippen molar-refractivity contribution in [3.05, 3.63) is 140 Å². The maximum atomic E-state index is 12.7. The van der Waals surface area contributed by atoms with Gasteiger partial charge in [0, 0.05) is 13.3 Å². The molecule has 3 aromatic rings. The molecule has 174 valence electrons. The van der Waals surface area contributed by atoms with Crippen LogP contribution in [-0.4, -0.2) is 15.6 Å². The van der Waals surface area contributed by atoms with Crippen molar-refractivity contribution in [2.24, 2.45) is 12.0 Å². The Morgan fingerprint density at radius 1 is 0.800 bits per heavy atom. The fourth-order valence-electron chi connectivity index (χ4n) is 3.07. The monoisotopic (exact) mass is 519 g/mol. The van der Waals surface area contributed by atoms with Crippen molar-refractivity contribution < 1.29 is 24.5 Å². The molecule has 0 amide bonds. The summed E-state index contributed by atoms with van der Waals surface area (Å²) in [6.45, 7) is 1.83. The van der Waals surface area contributed by atoms with Gasteiger partial charge in [-0.05, 0) is 88.8 Å². The van der Waals surface area contributed by atoms with Crippen LogP contribution in [0, 0.1) is 71.1 Å². The summed E-state index contributed by atoms with van der Waals surface area (Å²) in [4.78, 5) is 16.9. The summed E-state index contributed by atoms with van der Waals surface area (Å²) in [5, 5.41) is 11.7. The zero-order chi connectivity index (χ0) is 25.5. The number of hydrogen-bond acceptors (Lipinski definition) is 3. The second-order valence-electron chi connectivity index (χ2n) is 7.13. The van der Waals surface area contributed by atoms with E-state index in [0.717, 1.165) is 11.4 Å². The fourth-order valence-corrected chi connectivity index (χ4v) is 3.07. The number of benzene rings is 2. The van der Waals surface area contributed by atoms with Crippen molar-refractivity contribution in [3.8, 4) is 11.4 Å². The molecular weight excluding hydrogens is 494 g/mol. The zero-order valence-corrected chi connectivity index (χ0v) is 21.9. The van der Waals surface area contributed by atoms with E-state index >= 15 is 0 Å². The number of halogens is 1. The van der Waals surface area contributed by atoms with Gasteiger partial charge in [-0.2, -0.15) is 0 Å². The summed E-state index contributed by atoms with van der Waals surface area (Å²) >= 11 is 1.47. The van der Waals surface area contributed by atoms with Gasteiger partial charge in [-0.1, -0.05) is 42.5 Å². The molecule has 7 heteroatoms. The van der Waals surface area contributed by atoms with E-state index in [0.29, 0.717) is 11.3 Å². The predicted octanol–water partition coefficient (Wildman–Crippen LogP) is 5.04. The van der Waals surface area contributed by atoms with Crippen LogP contribution in [0.2, 0.25) is 0 Å². The topological polar surface area (TPSA) is 62.4 Å². The molecule has 0 spiro atoms. The van der Waals surface area contributed by atoms with Gasteiger partial charge in [0.15, 0.2) is 5.69 Å². The van der Waals surface area contributed by atoms with E-state index in [1.54, 1.807) is 27.6 Å². The van der Waals surface area contributed by atoms with E-state index in [1.165, 1.54) is 31.7 Å². The van der Waals surface area contributed by atoms with Crippen molar-refractivity contribution in [1.82, 2.24) is 9.36 Å². The van der Waals surface area contributed by atoms with E-state index in [1.807, 2.05) is 109 Å². The Morgan fingerprint density at radius 2 is 1.26 bits per heavy atom. The Balaban J connectivity index is 0.000000294. The number of rotatable bonds is 3. The van der Waals surface area contributed by atoms with Gasteiger partial charge in [0.1, 0.15) is 0 Å². The maximum absolute atomic E-state index is 12.7. The van der Waals surface area contributed by atoms with E-state index < -0.39 is 0 Å². The second-order valence-corrected chi connectivity index (χ2v) is 7.13. The van der Waals surface area contributed by atoms with Crippen LogP contribution in [0.1, 0.15) is 11.3 Å². The van der Waals surface area contributed by atoms with Crippen molar-refractivity contribution in [3.63, 3.8) is 0 Å². The molecule has 2 fully saturated rings. The first-order valence-electron chi connectivity index (χ1n) is 10.8. The van der Waals surface area contributed by atoms with Crippen LogP contribution in [-0.2, 0) is 26.4 Å². The van der Waals surface area contributed by atoms with Crippen molar-refractivity contribution >= 4 is 21.2 Å². The van der Waals surface area contributed by atoms with Gasteiger partial charge in [0.05, 0.1) is 11.4 Å². The van der Waals surface area contributed by atoms with Crippen LogP contribution >= 0.6 is 9.30 Å². The minimum absolute atomic E-state index is 0.117. The normalized spacial score (nSPS) is 14.4. The van der Waals surface area contributed by atoms with Gasteiger partial charge in [-0.15, -0.1) is 5.75 Å². The van der Waals surface area contributed by atoms with Crippen LogP contribution in [0.15, 0.2) is 64.4 Å². The Kier molecular flexibility index (Phi) is 13.8. The van der Waals surface area contributed by atoms with Crippen molar-refractivity contribution in [2.75, 3.05) is 0 Å². The Morgan fingerprint density at radius 3 is 1.74 bits per heavy atom. The molecule has 0 bridgehead atoms. The van der Waals surface area contributed by atoms with Gasteiger partial charge in [-0.3, -0.25) is 9.48 Å². The first kappa shape index (κ1) is 29.2. The average Bonchev–Trinajstić information content (AvgIpc) is 3.69. The summed E-state index contributed by atoms with van der Waals surface area (Å²) < 4.78 is 3.32. The Hall–Kier alpha value is -2.08. The predicted molar refractivity (Wildman–Crippen MR) is 138 cm³/mol. The van der Waals surface area contributed by atoms with Crippen LogP contribution in [0.5, 0.6) is 5.75 Å². The molecule has 2 saturated carbocycles. The molecule has 2 aliphatic rings. The number of aromatic nitrogens is 2. The Labute approximate surface area is 225 Å². The molecule has 1 heterocycles. The number of nitrogens with zero attached hydrogens (tertiary/aromatic N) is 3. The first-order valence-corrected chi connectivity index (χ1v) is 12.9. The SMILES string of the molecule is Cc1c(N=Cc2ccccc2[O-])c(=O)n(-c2ccccc2)n1C.[CH]1[CH][CH][CH][CH]1.[CH]1[CH][CH][CH][CH]1.[Cl][Ti+3]. The minimum atomic E-state index is -0.212. The van der Waals surface area contributed by atoms with E-state index in [4.69, 9.17) is 0 Å². The molecule has 35 heavy (non-hydrogen) atoms. The van der Waals surface area contributed by atoms with E-state index in [9.17, 15) is 9.90 Å². The number of para-hydroxylation sites is 2. The molecule has 1 aromatic heterocycles. The quantitative estimate of drug-likeness (QED) is 0.360. The standard InChI is InChI=1S/C18H17N3O2.2C5H5.ClH.Ti/c1-13-17(19-12-14-8-6-7-11-16(14)22)18(23)21(20(13)2)15-9-4-3-5-10-15;2*1-2-4-5-3-1;;/h3-12,22H,1-2H3;2*1-5H;1H;/q;;;;+4/p-2. The van der Waals surface area contributed by atoms with Gasteiger partial charge in [0.25, 0.3) is 5.56 Å².